The first-order chi connectivity index (χ1) is 9.95. The second-order valence-corrected chi connectivity index (χ2v) is 5.05. The zero-order chi connectivity index (χ0) is 15.4. The number of amides is 2. The van der Waals surface area contributed by atoms with Crippen molar-refractivity contribution in [1.29, 1.82) is 0 Å². The normalized spacial score (nSPS) is 21.0. The number of hydrogen-bond donors (Lipinski definition) is 3. The SMILES string of the molecule is CC1C(=O)NC(=O)CN1CC(O)COc1ccc(N)cc1. The highest BCUT2D eigenvalue weighted by atomic mass is 16.5. The van der Waals surface area contributed by atoms with E-state index in [9.17, 15) is 14.7 Å². The van der Waals surface area contributed by atoms with Crippen molar-refractivity contribution in [2.24, 2.45) is 0 Å². The van der Waals surface area contributed by atoms with Crippen molar-refractivity contribution in [2.75, 3.05) is 25.4 Å². The molecule has 1 aliphatic heterocycles. The summed E-state index contributed by atoms with van der Waals surface area (Å²) in [7, 11) is 0. The summed E-state index contributed by atoms with van der Waals surface area (Å²) in [5.41, 5.74) is 6.20. The molecule has 7 heteroatoms. The van der Waals surface area contributed by atoms with E-state index >= 15 is 0 Å². The third-order valence-corrected chi connectivity index (χ3v) is 3.30. The van der Waals surface area contributed by atoms with E-state index in [4.69, 9.17) is 10.5 Å². The van der Waals surface area contributed by atoms with Crippen LogP contribution in [-0.2, 0) is 9.59 Å². The number of aliphatic hydroxyl groups excluding tert-OH is 1. The Labute approximate surface area is 122 Å². The van der Waals surface area contributed by atoms with Crippen LogP contribution >= 0.6 is 0 Å². The van der Waals surface area contributed by atoms with Gasteiger partial charge in [-0.1, -0.05) is 0 Å². The molecule has 0 saturated carbocycles. The topological polar surface area (TPSA) is 105 Å². The van der Waals surface area contributed by atoms with E-state index in [2.05, 4.69) is 5.32 Å². The molecule has 0 radical (unpaired) electrons. The van der Waals surface area contributed by atoms with Crippen molar-refractivity contribution in [2.45, 2.75) is 19.1 Å². The van der Waals surface area contributed by atoms with Crippen LogP contribution < -0.4 is 15.8 Å². The zero-order valence-electron chi connectivity index (χ0n) is 11.8. The predicted octanol–water partition coefficient (Wildman–Crippen LogP) is -0.645. The van der Waals surface area contributed by atoms with Gasteiger partial charge in [0, 0.05) is 12.2 Å². The largest absolute Gasteiger partial charge is 0.491 e. The zero-order valence-corrected chi connectivity index (χ0v) is 11.8. The van der Waals surface area contributed by atoms with Gasteiger partial charge in [-0.05, 0) is 31.2 Å². The Hall–Kier alpha value is -2.12. The average molecular weight is 293 g/mol. The number of rotatable bonds is 5. The molecule has 4 N–H and O–H groups in total. The lowest BCUT2D eigenvalue weighted by Crippen LogP contribution is -2.58. The van der Waals surface area contributed by atoms with E-state index in [-0.39, 0.29) is 31.5 Å². The maximum atomic E-state index is 11.5. The number of nitrogen functional groups attached to an aromatic ring is 1. The first kappa shape index (κ1) is 15.3. The Balaban J connectivity index is 1.83. The molecular weight excluding hydrogens is 274 g/mol. The molecule has 1 heterocycles. The summed E-state index contributed by atoms with van der Waals surface area (Å²) in [5.74, 6) is -0.105. The molecule has 1 aromatic carbocycles. The van der Waals surface area contributed by atoms with Gasteiger partial charge in [0.2, 0.25) is 11.8 Å². The number of anilines is 1. The summed E-state index contributed by atoms with van der Waals surface area (Å²) in [4.78, 5) is 24.5. The van der Waals surface area contributed by atoms with Gasteiger partial charge < -0.3 is 15.6 Å². The van der Waals surface area contributed by atoms with E-state index in [1.54, 1.807) is 36.1 Å². The van der Waals surface area contributed by atoms with Gasteiger partial charge in [-0.3, -0.25) is 19.8 Å². The van der Waals surface area contributed by atoms with Crippen molar-refractivity contribution in [3.63, 3.8) is 0 Å². The quantitative estimate of drug-likeness (QED) is 0.492. The number of piperazine rings is 1. The molecule has 1 fully saturated rings. The Bertz CT molecular complexity index is 517. The van der Waals surface area contributed by atoms with E-state index in [0.717, 1.165) is 0 Å². The molecule has 1 aromatic rings. The molecule has 0 aromatic heterocycles. The molecule has 21 heavy (non-hydrogen) atoms. The number of aliphatic hydroxyl groups is 1. The molecular formula is C14H19N3O4. The van der Waals surface area contributed by atoms with Crippen molar-refractivity contribution in [1.82, 2.24) is 10.2 Å². The second-order valence-electron chi connectivity index (χ2n) is 5.05. The van der Waals surface area contributed by atoms with Gasteiger partial charge in [0.1, 0.15) is 18.5 Å². The molecule has 0 aliphatic carbocycles. The Morgan fingerprint density at radius 3 is 2.76 bits per heavy atom. The van der Waals surface area contributed by atoms with Crippen LogP contribution in [0.2, 0.25) is 0 Å². The number of carbonyl (C=O) groups is 2. The molecule has 0 spiro atoms. The summed E-state index contributed by atoms with van der Waals surface area (Å²) in [6.07, 6.45) is -0.802. The van der Waals surface area contributed by atoms with Crippen LogP contribution in [0.1, 0.15) is 6.92 Å². The summed E-state index contributed by atoms with van der Waals surface area (Å²) in [6.45, 7) is 2.04. The van der Waals surface area contributed by atoms with Crippen molar-refractivity contribution >= 4 is 17.5 Å². The maximum Gasteiger partial charge on any atom is 0.243 e. The highest BCUT2D eigenvalue weighted by Gasteiger charge is 2.31. The van der Waals surface area contributed by atoms with E-state index < -0.39 is 12.1 Å². The van der Waals surface area contributed by atoms with Gasteiger partial charge in [-0.2, -0.15) is 0 Å². The van der Waals surface area contributed by atoms with Crippen LogP contribution in [0.4, 0.5) is 5.69 Å². The van der Waals surface area contributed by atoms with Crippen molar-refractivity contribution < 1.29 is 19.4 Å². The molecule has 1 saturated heterocycles. The highest BCUT2D eigenvalue weighted by molar-refractivity contribution is 6.00. The van der Waals surface area contributed by atoms with Crippen LogP contribution in [0.3, 0.4) is 0 Å². The minimum atomic E-state index is -0.802. The Kier molecular flexibility index (Phi) is 4.77. The first-order valence-corrected chi connectivity index (χ1v) is 6.70. The van der Waals surface area contributed by atoms with Crippen LogP contribution in [0.5, 0.6) is 5.75 Å². The number of nitrogens with two attached hydrogens (primary N) is 1. The van der Waals surface area contributed by atoms with Gasteiger partial charge in [0.15, 0.2) is 0 Å². The predicted molar refractivity (Wildman–Crippen MR) is 76.5 cm³/mol. The van der Waals surface area contributed by atoms with Gasteiger partial charge in [0.25, 0.3) is 0 Å². The smallest absolute Gasteiger partial charge is 0.243 e. The lowest BCUT2D eigenvalue weighted by atomic mass is 10.2. The number of nitrogens with zero attached hydrogens (tertiary/aromatic N) is 1. The summed E-state index contributed by atoms with van der Waals surface area (Å²) >= 11 is 0. The Morgan fingerprint density at radius 1 is 1.43 bits per heavy atom. The van der Waals surface area contributed by atoms with E-state index in [1.165, 1.54) is 0 Å². The Morgan fingerprint density at radius 2 is 2.10 bits per heavy atom. The van der Waals surface area contributed by atoms with Crippen LogP contribution in [0, 0.1) is 0 Å². The van der Waals surface area contributed by atoms with Crippen molar-refractivity contribution in [3.8, 4) is 5.75 Å². The number of nitrogens with one attached hydrogen (secondary N) is 1. The number of carbonyl (C=O) groups excluding carboxylic acids is 2. The second kappa shape index (κ2) is 6.55. The maximum absolute atomic E-state index is 11.5. The number of imide groups is 1. The summed E-state index contributed by atoms with van der Waals surface area (Å²) in [5, 5.41) is 12.2. The number of β-amino-alcohol motifs (C(OH)–C–C–N with tert-alkyl or cyclic N) is 1. The first-order valence-electron chi connectivity index (χ1n) is 6.70. The van der Waals surface area contributed by atoms with Gasteiger partial charge >= 0.3 is 0 Å². The van der Waals surface area contributed by atoms with E-state index in [1.807, 2.05) is 0 Å². The highest BCUT2D eigenvalue weighted by Crippen LogP contribution is 2.13. The van der Waals surface area contributed by atoms with Crippen LogP contribution in [0.25, 0.3) is 0 Å². The van der Waals surface area contributed by atoms with Gasteiger partial charge in [-0.15, -0.1) is 0 Å². The third-order valence-electron chi connectivity index (χ3n) is 3.30. The molecule has 114 valence electrons. The van der Waals surface area contributed by atoms with Crippen molar-refractivity contribution in [3.05, 3.63) is 24.3 Å². The minimum absolute atomic E-state index is 0.0724. The van der Waals surface area contributed by atoms with Gasteiger partial charge in [-0.25, -0.2) is 0 Å². The van der Waals surface area contributed by atoms with Gasteiger partial charge in [0.05, 0.1) is 12.6 Å². The number of ether oxygens (including phenoxy) is 1. The summed E-state index contributed by atoms with van der Waals surface area (Å²) < 4.78 is 5.44. The molecule has 2 atom stereocenters. The molecule has 1 aliphatic rings. The van der Waals surface area contributed by atoms with Crippen LogP contribution in [0.15, 0.2) is 24.3 Å². The summed E-state index contributed by atoms with van der Waals surface area (Å²) in [6, 6.07) is 6.38. The third kappa shape index (κ3) is 4.17. The fourth-order valence-electron chi connectivity index (χ4n) is 2.07. The fourth-order valence-corrected chi connectivity index (χ4v) is 2.07. The lowest BCUT2D eigenvalue weighted by Gasteiger charge is -2.32. The molecule has 0 bridgehead atoms. The van der Waals surface area contributed by atoms with Crippen LogP contribution in [-0.4, -0.2) is 53.7 Å². The number of hydrogen-bond acceptors (Lipinski definition) is 6. The molecule has 2 amide bonds. The monoisotopic (exact) mass is 293 g/mol. The van der Waals surface area contributed by atoms with E-state index in [0.29, 0.717) is 11.4 Å². The average Bonchev–Trinajstić information content (AvgIpc) is 2.43. The fraction of sp³-hybridized carbons (Fsp3) is 0.429. The number of benzene rings is 1. The molecule has 7 nitrogen and oxygen atoms in total. The lowest BCUT2D eigenvalue weighted by molar-refractivity contribution is -0.140. The standard InChI is InChI=1S/C14H19N3O4/c1-9-14(20)16-13(19)7-17(9)6-11(18)8-21-12-4-2-10(15)3-5-12/h2-5,9,11,18H,6-8,15H2,1H3,(H,16,19,20). The minimum Gasteiger partial charge on any atom is -0.491 e. The molecule has 2 unspecified atom stereocenters. The molecule has 2 rings (SSSR count).